The zero-order valence-corrected chi connectivity index (χ0v) is 14.3. The van der Waals surface area contributed by atoms with E-state index in [1.807, 2.05) is 7.05 Å². The van der Waals surface area contributed by atoms with Crippen molar-refractivity contribution < 1.29 is 0 Å². The average molecular weight is 304 g/mol. The van der Waals surface area contributed by atoms with Crippen LogP contribution in [0, 0.1) is 6.92 Å². The molecule has 0 amide bonds. The Labute approximate surface area is 131 Å². The average Bonchev–Trinajstić information content (AvgIpc) is 2.98. The van der Waals surface area contributed by atoms with E-state index in [4.69, 9.17) is 4.98 Å². The molecule has 0 spiro atoms. The van der Waals surface area contributed by atoms with Crippen molar-refractivity contribution in [2.45, 2.75) is 40.2 Å². The van der Waals surface area contributed by atoms with Crippen LogP contribution in [-0.2, 0) is 6.54 Å². The quantitative estimate of drug-likeness (QED) is 0.874. The van der Waals surface area contributed by atoms with Crippen molar-refractivity contribution in [2.24, 2.45) is 0 Å². The molecule has 2 rings (SSSR count). The summed E-state index contributed by atoms with van der Waals surface area (Å²) in [6.07, 6.45) is 0. The fourth-order valence-electron chi connectivity index (χ4n) is 2.26. The number of hydrogen-bond donors (Lipinski definition) is 1. The molecular formula is C16H24N4S. The molecule has 0 aromatic carbocycles. The van der Waals surface area contributed by atoms with Gasteiger partial charge < -0.3 is 10.2 Å². The third-order valence-electron chi connectivity index (χ3n) is 3.50. The number of aromatic nitrogens is 2. The van der Waals surface area contributed by atoms with E-state index in [1.165, 1.54) is 4.88 Å². The van der Waals surface area contributed by atoms with Gasteiger partial charge >= 0.3 is 0 Å². The minimum Gasteiger partial charge on any atom is -0.373 e. The molecule has 5 heteroatoms. The van der Waals surface area contributed by atoms with Crippen LogP contribution in [0.1, 0.15) is 43.0 Å². The molecule has 0 bridgehead atoms. The van der Waals surface area contributed by atoms with Crippen LogP contribution in [-0.4, -0.2) is 23.6 Å². The first-order valence-corrected chi connectivity index (χ1v) is 8.28. The minimum absolute atomic E-state index is 0.317. The zero-order valence-electron chi connectivity index (χ0n) is 13.5. The summed E-state index contributed by atoms with van der Waals surface area (Å²) in [6.45, 7) is 10.3. The molecule has 0 aliphatic carbocycles. The Morgan fingerprint density at radius 1 is 1.33 bits per heavy atom. The van der Waals surface area contributed by atoms with Gasteiger partial charge in [0.15, 0.2) is 0 Å². The van der Waals surface area contributed by atoms with Crippen molar-refractivity contribution in [3.05, 3.63) is 33.8 Å². The first-order valence-electron chi connectivity index (χ1n) is 7.40. The SMILES string of the molecule is CCN(Cc1cccs1)c1nc(C(C)C)nc(NC)c1C. The molecule has 0 aliphatic heterocycles. The molecule has 4 nitrogen and oxygen atoms in total. The van der Waals surface area contributed by atoms with Crippen molar-refractivity contribution in [3.8, 4) is 0 Å². The molecule has 114 valence electrons. The lowest BCUT2D eigenvalue weighted by Gasteiger charge is -2.25. The fraction of sp³-hybridized carbons (Fsp3) is 0.500. The van der Waals surface area contributed by atoms with Crippen LogP contribution in [0.15, 0.2) is 17.5 Å². The topological polar surface area (TPSA) is 41.1 Å². The molecular weight excluding hydrogens is 280 g/mol. The highest BCUT2D eigenvalue weighted by Crippen LogP contribution is 2.27. The Morgan fingerprint density at radius 2 is 2.10 bits per heavy atom. The Bertz CT molecular complexity index is 578. The maximum atomic E-state index is 4.81. The summed E-state index contributed by atoms with van der Waals surface area (Å²) >= 11 is 1.79. The zero-order chi connectivity index (χ0) is 15.4. The monoisotopic (exact) mass is 304 g/mol. The van der Waals surface area contributed by atoms with Gasteiger partial charge in [-0.05, 0) is 25.3 Å². The van der Waals surface area contributed by atoms with E-state index in [2.05, 4.69) is 60.4 Å². The first kappa shape index (κ1) is 15.8. The van der Waals surface area contributed by atoms with E-state index in [-0.39, 0.29) is 0 Å². The molecule has 0 saturated heterocycles. The third kappa shape index (κ3) is 3.53. The minimum atomic E-state index is 0.317. The number of anilines is 2. The summed E-state index contributed by atoms with van der Waals surface area (Å²) in [5, 5.41) is 5.31. The van der Waals surface area contributed by atoms with E-state index in [1.54, 1.807) is 11.3 Å². The molecule has 0 radical (unpaired) electrons. The standard InChI is InChI=1S/C16H24N4S/c1-6-20(10-13-8-7-9-21-13)16-12(4)15(17-5)18-14(19-16)11(2)3/h7-9,11H,6,10H2,1-5H3,(H,17,18,19). The Morgan fingerprint density at radius 3 is 2.62 bits per heavy atom. The van der Waals surface area contributed by atoms with Crippen LogP contribution in [0.5, 0.6) is 0 Å². The van der Waals surface area contributed by atoms with Crippen molar-refractivity contribution in [2.75, 3.05) is 23.8 Å². The molecule has 21 heavy (non-hydrogen) atoms. The van der Waals surface area contributed by atoms with E-state index < -0.39 is 0 Å². The predicted molar refractivity (Wildman–Crippen MR) is 91.4 cm³/mol. The van der Waals surface area contributed by atoms with Gasteiger partial charge in [0.1, 0.15) is 17.5 Å². The van der Waals surface area contributed by atoms with Gasteiger partial charge in [-0.25, -0.2) is 9.97 Å². The Hall–Kier alpha value is -1.62. The Balaban J connectivity index is 2.41. The lowest BCUT2D eigenvalue weighted by Crippen LogP contribution is -2.25. The maximum Gasteiger partial charge on any atom is 0.137 e. The van der Waals surface area contributed by atoms with Crippen LogP contribution < -0.4 is 10.2 Å². The van der Waals surface area contributed by atoms with Crippen molar-refractivity contribution in [3.63, 3.8) is 0 Å². The second-order valence-electron chi connectivity index (χ2n) is 5.38. The van der Waals surface area contributed by atoms with Gasteiger partial charge in [-0.15, -0.1) is 11.3 Å². The van der Waals surface area contributed by atoms with Gasteiger partial charge in [-0.2, -0.15) is 0 Å². The van der Waals surface area contributed by atoms with Crippen LogP contribution in [0.3, 0.4) is 0 Å². The third-order valence-corrected chi connectivity index (χ3v) is 4.36. The lowest BCUT2D eigenvalue weighted by molar-refractivity contribution is 0.747. The summed E-state index contributed by atoms with van der Waals surface area (Å²) in [7, 11) is 1.92. The molecule has 0 fully saturated rings. The first-order chi connectivity index (χ1) is 10.1. The molecule has 0 atom stereocenters. The van der Waals surface area contributed by atoms with Crippen LogP contribution in [0.4, 0.5) is 11.6 Å². The molecule has 2 heterocycles. The summed E-state index contributed by atoms with van der Waals surface area (Å²) in [5.74, 6) is 3.17. The summed E-state index contributed by atoms with van der Waals surface area (Å²) in [6, 6.07) is 4.27. The van der Waals surface area contributed by atoms with Gasteiger partial charge in [0.25, 0.3) is 0 Å². The van der Waals surface area contributed by atoms with E-state index in [0.29, 0.717) is 5.92 Å². The number of nitrogens with zero attached hydrogens (tertiary/aromatic N) is 3. The normalized spacial score (nSPS) is 11.0. The number of thiophene rings is 1. The fourth-order valence-corrected chi connectivity index (χ4v) is 2.98. The summed E-state index contributed by atoms with van der Waals surface area (Å²) in [4.78, 5) is 13.1. The highest BCUT2D eigenvalue weighted by molar-refractivity contribution is 7.09. The lowest BCUT2D eigenvalue weighted by atomic mass is 10.2. The van der Waals surface area contributed by atoms with Gasteiger partial charge in [-0.3, -0.25) is 0 Å². The summed E-state index contributed by atoms with van der Waals surface area (Å²) in [5.41, 5.74) is 1.11. The molecule has 2 aromatic rings. The van der Waals surface area contributed by atoms with Gasteiger partial charge in [0.05, 0.1) is 6.54 Å². The van der Waals surface area contributed by atoms with E-state index >= 15 is 0 Å². The molecule has 0 unspecified atom stereocenters. The number of hydrogen-bond acceptors (Lipinski definition) is 5. The maximum absolute atomic E-state index is 4.81. The van der Waals surface area contributed by atoms with Crippen molar-refractivity contribution in [1.82, 2.24) is 9.97 Å². The number of nitrogens with one attached hydrogen (secondary N) is 1. The summed E-state index contributed by atoms with van der Waals surface area (Å²) < 4.78 is 0. The van der Waals surface area contributed by atoms with Gasteiger partial charge in [0.2, 0.25) is 0 Å². The molecule has 1 N–H and O–H groups in total. The highest BCUT2D eigenvalue weighted by atomic mass is 32.1. The second kappa shape index (κ2) is 6.89. The van der Waals surface area contributed by atoms with E-state index in [9.17, 15) is 0 Å². The van der Waals surface area contributed by atoms with E-state index in [0.717, 1.165) is 36.1 Å². The van der Waals surface area contributed by atoms with Gasteiger partial charge in [-0.1, -0.05) is 19.9 Å². The van der Waals surface area contributed by atoms with Crippen molar-refractivity contribution in [1.29, 1.82) is 0 Å². The molecule has 0 saturated carbocycles. The van der Waals surface area contributed by atoms with Crippen molar-refractivity contribution >= 4 is 23.0 Å². The van der Waals surface area contributed by atoms with Crippen LogP contribution in [0.25, 0.3) is 0 Å². The second-order valence-corrected chi connectivity index (χ2v) is 6.41. The number of rotatable bonds is 6. The Kier molecular flexibility index (Phi) is 5.17. The molecule has 0 aliphatic rings. The van der Waals surface area contributed by atoms with Gasteiger partial charge in [0, 0.05) is 30.0 Å². The highest BCUT2D eigenvalue weighted by Gasteiger charge is 2.17. The van der Waals surface area contributed by atoms with Crippen LogP contribution >= 0.6 is 11.3 Å². The smallest absolute Gasteiger partial charge is 0.137 e. The van der Waals surface area contributed by atoms with Crippen LogP contribution in [0.2, 0.25) is 0 Å². The largest absolute Gasteiger partial charge is 0.373 e. The predicted octanol–water partition coefficient (Wildman–Crippen LogP) is 4.04. The molecule has 2 aromatic heterocycles.